The third-order valence-electron chi connectivity index (χ3n) is 2.11. The van der Waals surface area contributed by atoms with E-state index in [1.165, 1.54) is 16.9 Å². The highest BCUT2D eigenvalue weighted by atomic mass is 79.9. The van der Waals surface area contributed by atoms with Gasteiger partial charge in [0.1, 0.15) is 5.82 Å². The first-order valence-corrected chi connectivity index (χ1v) is 5.43. The molecular weight excluding hydrogens is 293 g/mol. The number of nitrogens with zero attached hydrogens (tertiary/aromatic N) is 3. The van der Waals surface area contributed by atoms with Crippen molar-refractivity contribution in [3.8, 4) is 0 Å². The lowest BCUT2D eigenvalue weighted by Gasteiger charge is -2.02. The second-order valence-corrected chi connectivity index (χ2v) is 4.26. The molecule has 0 bridgehead atoms. The minimum Gasteiger partial charge on any atom is -0.476 e. The zero-order valence-corrected chi connectivity index (χ0v) is 10.1. The molecule has 2 rings (SSSR count). The topological polar surface area (TPSA) is 68.0 Å². The maximum absolute atomic E-state index is 13.5. The van der Waals surface area contributed by atoms with Gasteiger partial charge in [-0.25, -0.2) is 13.9 Å². The smallest absolute Gasteiger partial charge is 0.358 e. The first-order chi connectivity index (χ1) is 8.06. The Morgan fingerprint density at radius 2 is 2.29 bits per heavy atom. The summed E-state index contributed by atoms with van der Waals surface area (Å²) in [5.74, 6) is -1.54. The van der Waals surface area contributed by atoms with Crippen molar-refractivity contribution in [3.05, 3.63) is 45.9 Å². The SMILES string of the molecule is O=C(O)c1cn(Cc2ccc(Br)cc2F)nn1. The predicted molar refractivity (Wildman–Crippen MR) is 60.2 cm³/mol. The molecule has 1 N–H and O–H groups in total. The van der Waals surface area contributed by atoms with Crippen molar-refractivity contribution in [2.45, 2.75) is 6.54 Å². The second-order valence-electron chi connectivity index (χ2n) is 3.34. The molecule has 88 valence electrons. The third kappa shape index (κ3) is 2.68. The van der Waals surface area contributed by atoms with Gasteiger partial charge in [0.25, 0.3) is 0 Å². The van der Waals surface area contributed by atoms with E-state index in [4.69, 9.17) is 5.11 Å². The number of rotatable bonds is 3. The Hall–Kier alpha value is -1.76. The third-order valence-corrected chi connectivity index (χ3v) is 2.60. The van der Waals surface area contributed by atoms with Gasteiger partial charge in [0.2, 0.25) is 0 Å². The van der Waals surface area contributed by atoms with Gasteiger partial charge in [0.05, 0.1) is 12.7 Å². The van der Waals surface area contributed by atoms with Crippen molar-refractivity contribution >= 4 is 21.9 Å². The van der Waals surface area contributed by atoms with E-state index in [-0.39, 0.29) is 18.1 Å². The van der Waals surface area contributed by atoms with Gasteiger partial charge >= 0.3 is 5.97 Å². The molecule has 0 radical (unpaired) electrons. The molecule has 0 atom stereocenters. The quantitative estimate of drug-likeness (QED) is 0.940. The molecule has 5 nitrogen and oxygen atoms in total. The molecule has 0 unspecified atom stereocenters. The van der Waals surface area contributed by atoms with Crippen LogP contribution in [0.1, 0.15) is 16.1 Å². The van der Waals surface area contributed by atoms with E-state index >= 15 is 0 Å². The van der Waals surface area contributed by atoms with Crippen LogP contribution in [0.4, 0.5) is 4.39 Å². The van der Waals surface area contributed by atoms with Crippen molar-refractivity contribution in [2.75, 3.05) is 0 Å². The summed E-state index contributed by atoms with van der Waals surface area (Å²) in [7, 11) is 0. The number of benzene rings is 1. The molecule has 0 fully saturated rings. The fourth-order valence-corrected chi connectivity index (χ4v) is 1.63. The van der Waals surface area contributed by atoms with Crippen LogP contribution in [-0.2, 0) is 6.54 Å². The fraction of sp³-hybridized carbons (Fsp3) is 0.100. The summed E-state index contributed by atoms with van der Waals surface area (Å²) in [6.07, 6.45) is 1.25. The highest BCUT2D eigenvalue weighted by Gasteiger charge is 2.10. The zero-order chi connectivity index (χ0) is 12.4. The first-order valence-electron chi connectivity index (χ1n) is 4.63. The Labute approximate surface area is 104 Å². The standard InChI is InChI=1S/C10H7BrFN3O2/c11-7-2-1-6(8(12)3-7)4-15-5-9(10(16)17)13-14-15/h1-3,5H,4H2,(H,16,17). The van der Waals surface area contributed by atoms with Gasteiger partial charge in [0.15, 0.2) is 5.69 Å². The highest BCUT2D eigenvalue weighted by molar-refractivity contribution is 9.10. The van der Waals surface area contributed by atoms with E-state index in [9.17, 15) is 9.18 Å². The van der Waals surface area contributed by atoms with Crippen LogP contribution < -0.4 is 0 Å². The molecule has 1 heterocycles. The molecule has 7 heteroatoms. The lowest BCUT2D eigenvalue weighted by Crippen LogP contribution is -2.02. The van der Waals surface area contributed by atoms with Gasteiger partial charge < -0.3 is 5.11 Å². The van der Waals surface area contributed by atoms with Crippen LogP contribution in [0.3, 0.4) is 0 Å². The Bertz CT molecular complexity index is 570. The average molecular weight is 300 g/mol. The Balaban J connectivity index is 2.22. The summed E-state index contributed by atoms with van der Waals surface area (Å²) in [4.78, 5) is 10.6. The maximum Gasteiger partial charge on any atom is 0.358 e. The van der Waals surface area contributed by atoms with Gasteiger partial charge in [-0.3, -0.25) is 0 Å². The van der Waals surface area contributed by atoms with Crippen LogP contribution in [0.15, 0.2) is 28.9 Å². The van der Waals surface area contributed by atoms with Crippen molar-refractivity contribution in [2.24, 2.45) is 0 Å². The normalized spacial score (nSPS) is 10.5. The molecule has 0 saturated heterocycles. The summed E-state index contributed by atoms with van der Waals surface area (Å²) < 4.78 is 15.4. The van der Waals surface area contributed by atoms with Crippen LogP contribution in [0.5, 0.6) is 0 Å². The molecule has 17 heavy (non-hydrogen) atoms. The number of hydrogen-bond acceptors (Lipinski definition) is 3. The molecule has 0 aliphatic heterocycles. The number of aromatic nitrogens is 3. The highest BCUT2D eigenvalue weighted by Crippen LogP contribution is 2.15. The largest absolute Gasteiger partial charge is 0.476 e. The van der Waals surface area contributed by atoms with Gasteiger partial charge in [-0.05, 0) is 12.1 Å². The van der Waals surface area contributed by atoms with E-state index in [0.717, 1.165) is 0 Å². The monoisotopic (exact) mass is 299 g/mol. The van der Waals surface area contributed by atoms with Crippen LogP contribution in [0.2, 0.25) is 0 Å². The molecule has 1 aromatic heterocycles. The van der Waals surface area contributed by atoms with Crippen LogP contribution >= 0.6 is 15.9 Å². The lowest BCUT2D eigenvalue weighted by molar-refractivity contribution is 0.0690. The molecule has 0 aliphatic carbocycles. The molecule has 0 aliphatic rings. The fourth-order valence-electron chi connectivity index (χ4n) is 1.30. The number of hydrogen-bond donors (Lipinski definition) is 1. The van der Waals surface area contributed by atoms with E-state index in [1.807, 2.05) is 0 Å². The number of aromatic carboxylic acids is 1. The van der Waals surface area contributed by atoms with Gasteiger partial charge in [-0.15, -0.1) is 5.10 Å². The summed E-state index contributed by atoms with van der Waals surface area (Å²) in [6.45, 7) is 0.138. The van der Waals surface area contributed by atoms with E-state index in [0.29, 0.717) is 10.0 Å². The number of carbonyl (C=O) groups is 1. The summed E-state index contributed by atoms with van der Waals surface area (Å²) >= 11 is 3.15. The van der Waals surface area contributed by atoms with E-state index in [2.05, 4.69) is 26.2 Å². The minimum atomic E-state index is -1.16. The maximum atomic E-state index is 13.5. The van der Waals surface area contributed by atoms with Crippen LogP contribution in [0, 0.1) is 5.82 Å². The molecule has 0 spiro atoms. The summed E-state index contributed by atoms with van der Waals surface area (Å²) in [5, 5.41) is 15.7. The molecule has 0 saturated carbocycles. The van der Waals surface area contributed by atoms with E-state index in [1.54, 1.807) is 12.1 Å². The van der Waals surface area contributed by atoms with Crippen LogP contribution in [-0.4, -0.2) is 26.1 Å². The summed E-state index contributed by atoms with van der Waals surface area (Å²) in [6, 6.07) is 4.64. The second kappa shape index (κ2) is 4.62. The lowest BCUT2D eigenvalue weighted by atomic mass is 10.2. The molecule has 0 amide bonds. The Morgan fingerprint density at radius 3 is 2.88 bits per heavy atom. The predicted octanol–water partition coefficient (Wildman–Crippen LogP) is 1.93. The molecular formula is C10H7BrFN3O2. The van der Waals surface area contributed by atoms with Gasteiger partial charge in [-0.2, -0.15) is 0 Å². The Morgan fingerprint density at radius 1 is 1.53 bits per heavy atom. The van der Waals surface area contributed by atoms with Gasteiger partial charge in [-0.1, -0.05) is 27.2 Å². The first kappa shape index (κ1) is 11.7. The molecule has 2 aromatic rings. The zero-order valence-electron chi connectivity index (χ0n) is 8.47. The average Bonchev–Trinajstić information content (AvgIpc) is 2.71. The van der Waals surface area contributed by atoms with Crippen molar-refractivity contribution in [3.63, 3.8) is 0 Å². The van der Waals surface area contributed by atoms with Crippen molar-refractivity contribution in [1.29, 1.82) is 0 Å². The Kier molecular flexibility index (Phi) is 3.19. The molecule has 1 aromatic carbocycles. The summed E-state index contributed by atoms with van der Waals surface area (Å²) in [5.41, 5.74) is 0.248. The van der Waals surface area contributed by atoms with Gasteiger partial charge in [0, 0.05) is 10.0 Å². The minimum absolute atomic E-state index is 0.138. The number of halogens is 2. The number of carboxylic acid groups (broad SMARTS) is 1. The van der Waals surface area contributed by atoms with Crippen LogP contribution in [0.25, 0.3) is 0 Å². The van der Waals surface area contributed by atoms with E-state index < -0.39 is 5.97 Å². The van der Waals surface area contributed by atoms with Crippen molar-refractivity contribution in [1.82, 2.24) is 15.0 Å². The number of carboxylic acids is 1. The van der Waals surface area contributed by atoms with Crippen molar-refractivity contribution < 1.29 is 14.3 Å².